The van der Waals surface area contributed by atoms with E-state index in [1.165, 1.54) is 6.07 Å². The number of hydrogen-bond acceptors (Lipinski definition) is 5. The van der Waals surface area contributed by atoms with E-state index in [2.05, 4.69) is 6.58 Å². The van der Waals surface area contributed by atoms with Crippen molar-refractivity contribution in [1.29, 1.82) is 0 Å². The highest BCUT2D eigenvalue weighted by molar-refractivity contribution is 5.81. The van der Waals surface area contributed by atoms with Gasteiger partial charge in [0.1, 0.15) is 36.9 Å². The van der Waals surface area contributed by atoms with E-state index in [1.807, 2.05) is 30.3 Å². The fourth-order valence-electron chi connectivity index (χ4n) is 2.46. The normalized spacial score (nSPS) is 18.7. The lowest BCUT2D eigenvalue weighted by molar-refractivity contribution is -0.138. The third-order valence-corrected chi connectivity index (χ3v) is 3.69. The number of carbonyl (C=O) groups is 1. The summed E-state index contributed by atoms with van der Waals surface area (Å²) in [4.78, 5) is 10.9. The van der Waals surface area contributed by atoms with Crippen LogP contribution in [0.2, 0.25) is 0 Å². The highest BCUT2D eigenvalue weighted by Gasteiger charge is 2.42. The molecular formula is C19H18O5. The number of epoxide rings is 1. The number of phenolic OH excluding ortho intramolecular Hbond substituents is 1. The van der Waals surface area contributed by atoms with Gasteiger partial charge in [0, 0.05) is 17.7 Å². The largest absolute Gasteiger partial charge is 0.507 e. The molecule has 0 aliphatic carbocycles. The van der Waals surface area contributed by atoms with Gasteiger partial charge in [0.2, 0.25) is 0 Å². The van der Waals surface area contributed by atoms with Crippen molar-refractivity contribution < 1.29 is 24.1 Å². The minimum atomic E-state index is -0.491. The van der Waals surface area contributed by atoms with Crippen molar-refractivity contribution in [2.75, 3.05) is 13.2 Å². The van der Waals surface area contributed by atoms with Crippen molar-refractivity contribution in [2.45, 2.75) is 12.2 Å². The molecule has 5 heteroatoms. The van der Waals surface area contributed by atoms with Gasteiger partial charge in [-0.15, -0.1) is 0 Å². The standard InChI is InChI=1S/C19H18O5/c1-2-17(21)23-11-10-22-14-8-9-15(16(20)12-14)19-18(24-19)13-6-4-3-5-7-13/h2-9,12,18-20H,1,10-11H2. The summed E-state index contributed by atoms with van der Waals surface area (Å²) in [6.45, 7) is 3.63. The zero-order valence-corrected chi connectivity index (χ0v) is 13.1. The molecule has 1 saturated heterocycles. The van der Waals surface area contributed by atoms with E-state index in [0.29, 0.717) is 5.75 Å². The topological polar surface area (TPSA) is 68.3 Å². The van der Waals surface area contributed by atoms with Crippen LogP contribution in [0.1, 0.15) is 23.3 Å². The Kier molecular flexibility index (Phi) is 4.82. The Labute approximate surface area is 140 Å². The lowest BCUT2D eigenvalue weighted by Gasteiger charge is -2.08. The molecule has 2 atom stereocenters. The number of ether oxygens (including phenoxy) is 3. The molecule has 124 valence electrons. The zero-order chi connectivity index (χ0) is 16.9. The van der Waals surface area contributed by atoms with E-state index in [-0.39, 0.29) is 31.2 Å². The minimum Gasteiger partial charge on any atom is -0.507 e. The maximum Gasteiger partial charge on any atom is 0.330 e. The predicted octanol–water partition coefficient (Wildman–Crippen LogP) is 3.31. The SMILES string of the molecule is C=CC(=O)OCCOc1ccc(C2OC2c2ccccc2)c(O)c1. The predicted molar refractivity (Wildman–Crippen MR) is 87.8 cm³/mol. The maximum absolute atomic E-state index is 10.9. The van der Waals surface area contributed by atoms with Gasteiger partial charge in [-0.1, -0.05) is 36.9 Å². The van der Waals surface area contributed by atoms with Crippen LogP contribution in [-0.2, 0) is 14.3 Å². The van der Waals surface area contributed by atoms with Crippen molar-refractivity contribution in [3.63, 3.8) is 0 Å². The number of benzene rings is 2. The quantitative estimate of drug-likeness (QED) is 0.366. The molecule has 5 nitrogen and oxygen atoms in total. The van der Waals surface area contributed by atoms with Crippen molar-refractivity contribution in [3.8, 4) is 11.5 Å². The van der Waals surface area contributed by atoms with Gasteiger partial charge in [-0.2, -0.15) is 0 Å². The van der Waals surface area contributed by atoms with E-state index in [1.54, 1.807) is 12.1 Å². The summed E-state index contributed by atoms with van der Waals surface area (Å²) in [6.07, 6.45) is 0.927. The highest BCUT2D eigenvalue weighted by atomic mass is 16.6. The van der Waals surface area contributed by atoms with E-state index in [9.17, 15) is 9.90 Å². The first-order valence-corrected chi connectivity index (χ1v) is 7.64. The summed E-state index contributed by atoms with van der Waals surface area (Å²) in [5.74, 6) is 0.136. The average molecular weight is 326 g/mol. The molecule has 0 bridgehead atoms. The number of hydrogen-bond donors (Lipinski definition) is 1. The van der Waals surface area contributed by atoms with Gasteiger partial charge in [0.15, 0.2) is 0 Å². The summed E-state index contributed by atoms with van der Waals surface area (Å²) < 4.78 is 15.9. The van der Waals surface area contributed by atoms with Crippen LogP contribution in [0.25, 0.3) is 0 Å². The lowest BCUT2D eigenvalue weighted by atomic mass is 10.0. The molecule has 24 heavy (non-hydrogen) atoms. The molecule has 1 N–H and O–H groups in total. The summed E-state index contributed by atoms with van der Waals surface area (Å²) in [6, 6.07) is 15.0. The Morgan fingerprint density at radius 3 is 2.67 bits per heavy atom. The minimum absolute atomic E-state index is 0.0258. The highest BCUT2D eigenvalue weighted by Crippen LogP contribution is 2.53. The summed E-state index contributed by atoms with van der Waals surface area (Å²) in [5, 5.41) is 10.2. The zero-order valence-electron chi connectivity index (χ0n) is 13.1. The van der Waals surface area contributed by atoms with E-state index < -0.39 is 5.97 Å². The molecule has 0 amide bonds. The molecule has 1 aliphatic heterocycles. The lowest BCUT2D eigenvalue weighted by Crippen LogP contribution is -2.10. The smallest absolute Gasteiger partial charge is 0.330 e. The van der Waals surface area contributed by atoms with Crippen molar-refractivity contribution >= 4 is 5.97 Å². The van der Waals surface area contributed by atoms with Gasteiger partial charge in [-0.05, 0) is 17.7 Å². The first-order valence-electron chi connectivity index (χ1n) is 7.64. The number of aromatic hydroxyl groups is 1. The molecule has 2 unspecified atom stereocenters. The van der Waals surface area contributed by atoms with Crippen LogP contribution in [0.4, 0.5) is 0 Å². The molecule has 0 aromatic heterocycles. The van der Waals surface area contributed by atoms with Gasteiger partial charge >= 0.3 is 5.97 Å². The second-order valence-corrected chi connectivity index (χ2v) is 5.33. The molecule has 1 aliphatic rings. The van der Waals surface area contributed by atoms with Gasteiger partial charge in [0.05, 0.1) is 0 Å². The fraction of sp³-hybridized carbons (Fsp3) is 0.211. The van der Waals surface area contributed by atoms with E-state index in [4.69, 9.17) is 14.2 Å². The van der Waals surface area contributed by atoms with Crippen LogP contribution >= 0.6 is 0 Å². The van der Waals surface area contributed by atoms with Crippen LogP contribution in [0.15, 0.2) is 61.2 Å². The van der Waals surface area contributed by atoms with E-state index in [0.717, 1.165) is 17.2 Å². The Morgan fingerprint density at radius 1 is 1.17 bits per heavy atom. The number of carbonyl (C=O) groups excluding carboxylic acids is 1. The van der Waals surface area contributed by atoms with Crippen LogP contribution in [0.5, 0.6) is 11.5 Å². The second-order valence-electron chi connectivity index (χ2n) is 5.33. The third-order valence-electron chi connectivity index (χ3n) is 3.69. The van der Waals surface area contributed by atoms with Crippen LogP contribution in [0.3, 0.4) is 0 Å². The Hall–Kier alpha value is -2.79. The number of esters is 1. The Morgan fingerprint density at radius 2 is 1.96 bits per heavy atom. The molecule has 1 fully saturated rings. The number of rotatable bonds is 7. The van der Waals surface area contributed by atoms with Gasteiger partial charge in [-0.3, -0.25) is 0 Å². The first kappa shape index (κ1) is 16.1. The van der Waals surface area contributed by atoms with E-state index >= 15 is 0 Å². The van der Waals surface area contributed by atoms with Gasteiger partial charge in [-0.25, -0.2) is 4.79 Å². The van der Waals surface area contributed by atoms with Crippen molar-refractivity contribution in [1.82, 2.24) is 0 Å². The third kappa shape index (κ3) is 3.75. The molecule has 3 rings (SSSR count). The average Bonchev–Trinajstić information content (AvgIpc) is 3.40. The van der Waals surface area contributed by atoms with Crippen molar-refractivity contribution in [2.24, 2.45) is 0 Å². The molecule has 2 aromatic carbocycles. The molecule has 1 heterocycles. The number of phenols is 1. The second kappa shape index (κ2) is 7.19. The monoisotopic (exact) mass is 326 g/mol. The Bertz CT molecular complexity index is 726. The van der Waals surface area contributed by atoms with Crippen LogP contribution in [-0.4, -0.2) is 24.3 Å². The van der Waals surface area contributed by atoms with Gasteiger partial charge in [0.25, 0.3) is 0 Å². The fourth-order valence-corrected chi connectivity index (χ4v) is 2.46. The molecule has 0 spiro atoms. The maximum atomic E-state index is 10.9. The van der Waals surface area contributed by atoms with Crippen LogP contribution in [0, 0.1) is 0 Å². The summed E-state index contributed by atoms with van der Waals surface area (Å²) in [5.41, 5.74) is 1.82. The molecular weight excluding hydrogens is 308 g/mol. The summed E-state index contributed by atoms with van der Waals surface area (Å²) in [7, 11) is 0. The summed E-state index contributed by atoms with van der Waals surface area (Å²) >= 11 is 0. The van der Waals surface area contributed by atoms with Crippen molar-refractivity contribution in [3.05, 3.63) is 72.3 Å². The Balaban J connectivity index is 1.56. The molecule has 0 saturated carbocycles. The molecule has 2 aromatic rings. The first-order chi connectivity index (χ1) is 11.7. The molecule has 0 radical (unpaired) electrons. The van der Waals surface area contributed by atoms with Crippen LogP contribution < -0.4 is 4.74 Å². The van der Waals surface area contributed by atoms with Gasteiger partial charge < -0.3 is 19.3 Å².